The Kier molecular flexibility index (Phi) is 10.1. The molecular formula is C44H50N8O3. The maximum atomic E-state index is 14.4. The predicted molar refractivity (Wildman–Crippen MR) is 212 cm³/mol. The Morgan fingerprint density at radius 1 is 0.727 bits per heavy atom. The van der Waals surface area contributed by atoms with Crippen LogP contribution >= 0.6 is 0 Å². The van der Waals surface area contributed by atoms with Crippen molar-refractivity contribution in [2.45, 2.75) is 62.8 Å². The molecule has 4 atom stereocenters. The number of likely N-dealkylation sites (N-methyl/N-ethyl adjacent to an activating group) is 1. The maximum absolute atomic E-state index is 14.4. The third-order valence-corrected chi connectivity index (χ3v) is 12.1. The molecule has 5 aromatic rings. The Hall–Kier alpha value is -5.10. The average Bonchev–Trinajstić information content (AvgIpc) is 4.09. The molecule has 4 fully saturated rings. The number of amides is 2. The number of H-pyrrole nitrogens is 2. The third-order valence-electron chi connectivity index (χ3n) is 12.1. The van der Waals surface area contributed by atoms with Gasteiger partial charge in [0.1, 0.15) is 23.8 Å². The number of aromatic nitrogens is 4. The summed E-state index contributed by atoms with van der Waals surface area (Å²) < 4.78 is 5.69. The van der Waals surface area contributed by atoms with Crippen molar-refractivity contribution in [1.29, 1.82) is 0 Å². The van der Waals surface area contributed by atoms with Gasteiger partial charge in [-0.3, -0.25) is 14.5 Å². The fourth-order valence-electron chi connectivity index (χ4n) is 8.95. The molecular weight excluding hydrogens is 689 g/mol. The first-order valence-corrected chi connectivity index (χ1v) is 20.0. The highest BCUT2D eigenvalue weighted by Gasteiger charge is 2.40. The first-order valence-electron chi connectivity index (χ1n) is 20.0. The number of benzene rings is 3. The molecule has 2 N–H and O–H groups in total. The molecule has 0 aliphatic carbocycles. The summed E-state index contributed by atoms with van der Waals surface area (Å²) in [7, 11) is 2.15. The number of likely N-dealkylation sites (tertiary alicyclic amines) is 2. The van der Waals surface area contributed by atoms with Crippen molar-refractivity contribution in [2.24, 2.45) is 0 Å². The zero-order valence-corrected chi connectivity index (χ0v) is 31.6. The van der Waals surface area contributed by atoms with Gasteiger partial charge < -0.3 is 29.4 Å². The van der Waals surface area contributed by atoms with E-state index in [0.717, 1.165) is 129 Å². The normalized spacial score (nSPS) is 22.7. The van der Waals surface area contributed by atoms with E-state index in [1.807, 2.05) is 35.5 Å². The highest BCUT2D eigenvalue weighted by Crippen LogP contribution is 2.37. The van der Waals surface area contributed by atoms with Gasteiger partial charge in [-0.15, -0.1) is 0 Å². The molecule has 3 aromatic carbocycles. The van der Waals surface area contributed by atoms with Crippen LogP contribution in [0.5, 0.6) is 0 Å². The molecule has 0 saturated carbocycles. The summed E-state index contributed by atoms with van der Waals surface area (Å²) in [5.41, 5.74) is 7.20. The molecule has 9 rings (SSSR count). The van der Waals surface area contributed by atoms with Crippen LogP contribution in [0.2, 0.25) is 0 Å². The van der Waals surface area contributed by atoms with Crippen LogP contribution in [0.15, 0.2) is 91.3 Å². The maximum Gasteiger partial charge on any atom is 0.252 e. The van der Waals surface area contributed by atoms with Crippen LogP contribution in [0.4, 0.5) is 0 Å². The predicted octanol–water partition coefficient (Wildman–Crippen LogP) is 6.63. The van der Waals surface area contributed by atoms with Gasteiger partial charge >= 0.3 is 0 Å². The van der Waals surface area contributed by atoms with E-state index in [1.165, 1.54) is 0 Å². The second-order valence-corrected chi connectivity index (χ2v) is 15.5. The van der Waals surface area contributed by atoms with Crippen molar-refractivity contribution in [1.82, 2.24) is 39.5 Å². The van der Waals surface area contributed by atoms with Crippen molar-refractivity contribution in [2.75, 3.05) is 52.9 Å². The highest BCUT2D eigenvalue weighted by molar-refractivity contribution is 5.84. The molecule has 0 bridgehead atoms. The first-order chi connectivity index (χ1) is 27.0. The largest absolute Gasteiger partial charge is 0.368 e. The fraction of sp³-hybridized carbons (Fsp3) is 0.409. The van der Waals surface area contributed by atoms with E-state index in [2.05, 4.69) is 92.4 Å². The van der Waals surface area contributed by atoms with E-state index in [0.29, 0.717) is 6.61 Å². The van der Waals surface area contributed by atoms with Gasteiger partial charge in [-0.2, -0.15) is 0 Å². The quantitative estimate of drug-likeness (QED) is 0.175. The van der Waals surface area contributed by atoms with Crippen molar-refractivity contribution in [3.05, 3.63) is 108 Å². The Bertz CT molecular complexity index is 2080. The van der Waals surface area contributed by atoms with Crippen LogP contribution in [0.3, 0.4) is 0 Å². The van der Waals surface area contributed by atoms with Crippen LogP contribution < -0.4 is 0 Å². The minimum atomic E-state index is -0.306. The summed E-state index contributed by atoms with van der Waals surface area (Å²) in [6.07, 6.45) is 9.03. The Morgan fingerprint density at radius 2 is 1.38 bits per heavy atom. The van der Waals surface area contributed by atoms with Crippen molar-refractivity contribution < 1.29 is 14.3 Å². The Balaban J connectivity index is 0.864. The number of hydrogen-bond donors (Lipinski definition) is 2. The summed E-state index contributed by atoms with van der Waals surface area (Å²) >= 11 is 0. The lowest BCUT2D eigenvalue weighted by Gasteiger charge is -2.39. The summed E-state index contributed by atoms with van der Waals surface area (Å²) in [6.45, 7) is 5.82. The standard InChI is InChI=1S/C44H50N8O3/c1-49-23-25-50(26-24-49)40(34-8-3-2-4-9-34)44(54)52-22-6-11-38(52)42-46-29-36(48-42)33-19-15-31(16-20-33)30-13-17-32(18-14-30)35-28-45-41(47-35)37-10-5-21-51(37)43(53)39-12-7-27-55-39/h2-4,8-9,13-20,28-29,37-40H,5-7,10-12,21-27H2,1H3,(H,45,47)(H,46,48)/t37-,38-,39+,40?/m0/s1. The summed E-state index contributed by atoms with van der Waals surface area (Å²) in [6, 6.07) is 26.9. The third kappa shape index (κ3) is 7.24. The number of carbonyl (C=O) groups excluding carboxylic acids is 2. The lowest BCUT2D eigenvalue weighted by Crippen LogP contribution is -2.50. The van der Waals surface area contributed by atoms with E-state index in [-0.39, 0.29) is 36.0 Å². The highest BCUT2D eigenvalue weighted by atomic mass is 16.5. The number of carbonyl (C=O) groups is 2. The van der Waals surface area contributed by atoms with Gasteiger partial charge in [-0.25, -0.2) is 9.97 Å². The second-order valence-electron chi connectivity index (χ2n) is 15.5. The van der Waals surface area contributed by atoms with Crippen LogP contribution in [-0.4, -0.2) is 110 Å². The number of nitrogens with zero attached hydrogens (tertiary/aromatic N) is 6. The molecule has 4 aliphatic heterocycles. The number of hydrogen-bond acceptors (Lipinski definition) is 7. The molecule has 11 nitrogen and oxygen atoms in total. The van der Waals surface area contributed by atoms with E-state index in [1.54, 1.807) is 0 Å². The lowest BCUT2D eigenvalue weighted by molar-refractivity contribution is -0.142. The van der Waals surface area contributed by atoms with Gasteiger partial charge in [0.05, 0.1) is 29.7 Å². The van der Waals surface area contributed by atoms with Crippen LogP contribution in [-0.2, 0) is 14.3 Å². The SMILES string of the molecule is CN1CCN(C(C(=O)N2CCC[C@H]2c2ncc(-c3ccc(-c4ccc(-c5c[nH]c([C@@H]6CCCN6C(=O)[C@H]6CCCO6)n5)cc4)cc3)[nH]2)c2ccccc2)CC1. The van der Waals surface area contributed by atoms with Crippen LogP contribution in [0.25, 0.3) is 33.6 Å². The minimum absolute atomic E-state index is 0.0343. The van der Waals surface area contributed by atoms with Gasteiger partial charge in [-0.1, -0.05) is 78.9 Å². The molecule has 55 heavy (non-hydrogen) atoms. The molecule has 0 spiro atoms. The number of imidazole rings is 2. The Morgan fingerprint density at radius 3 is 2.07 bits per heavy atom. The monoisotopic (exact) mass is 738 g/mol. The van der Waals surface area contributed by atoms with Gasteiger partial charge in [0.2, 0.25) is 5.91 Å². The van der Waals surface area contributed by atoms with Gasteiger partial charge in [0.25, 0.3) is 5.91 Å². The molecule has 2 aromatic heterocycles. The van der Waals surface area contributed by atoms with Crippen molar-refractivity contribution in [3.63, 3.8) is 0 Å². The summed E-state index contributed by atoms with van der Waals surface area (Å²) in [5.74, 6) is 1.96. The van der Waals surface area contributed by atoms with Crippen LogP contribution in [0.1, 0.15) is 73.9 Å². The molecule has 4 saturated heterocycles. The summed E-state index contributed by atoms with van der Waals surface area (Å²) in [4.78, 5) is 52.9. The van der Waals surface area contributed by atoms with Crippen molar-refractivity contribution >= 4 is 11.8 Å². The molecule has 6 heterocycles. The minimum Gasteiger partial charge on any atom is -0.368 e. The molecule has 284 valence electrons. The molecule has 0 radical (unpaired) electrons. The van der Waals surface area contributed by atoms with E-state index in [4.69, 9.17) is 14.7 Å². The second kappa shape index (κ2) is 15.6. The number of piperazine rings is 1. The molecule has 1 unspecified atom stereocenters. The van der Waals surface area contributed by atoms with Crippen LogP contribution in [0, 0.1) is 0 Å². The smallest absolute Gasteiger partial charge is 0.252 e. The number of nitrogens with one attached hydrogen (secondary N) is 2. The van der Waals surface area contributed by atoms with E-state index < -0.39 is 0 Å². The molecule has 11 heteroatoms. The number of rotatable bonds is 9. The van der Waals surface area contributed by atoms with Gasteiger partial charge in [0, 0.05) is 57.6 Å². The summed E-state index contributed by atoms with van der Waals surface area (Å²) in [5, 5.41) is 0. The topological polar surface area (TPSA) is 114 Å². The van der Waals surface area contributed by atoms with Gasteiger partial charge in [-0.05, 0) is 67.8 Å². The molecule has 2 amide bonds. The first kappa shape index (κ1) is 35.6. The van der Waals surface area contributed by atoms with E-state index in [9.17, 15) is 9.59 Å². The molecule has 4 aliphatic rings. The number of aromatic amines is 2. The Labute approximate surface area is 322 Å². The van der Waals surface area contributed by atoms with Crippen molar-refractivity contribution in [3.8, 4) is 33.6 Å². The fourth-order valence-corrected chi connectivity index (χ4v) is 8.95. The van der Waals surface area contributed by atoms with E-state index >= 15 is 0 Å². The van der Waals surface area contributed by atoms with Gasteiger partial charge in [0.15, 0.2) is 0 Å². The lowest BCUT2D eigenvalue weighted by atomic mass is 10.0. The zero-order chi connectivity index (χ0) is 37.3. The number of ether oxygens (including phenoxy) is 1. The zero-order valence-electron chi connectivity index (χ0n) is 31.6. The average molecular weight is 739 g/mol.